The van der Waals surface area contributed by atoms with E-state index in [1.807, 2.05) is 0 Å². The van der Waals surface area contributed by atoms with Gasteiger partial charge in [-0.2, -0.15) is 0 Å². The number of hydrogen-bond acceptors (Lipinski definition) is 9. The zero-order valence-electron chi connectivity index (χ0n) is 10.5. The van der Waals surface area contributed by atoms with E-state index in [1.165, 1.54) is 24.3 Å². The average molecular weight is 328 g/mol. The summed E-state index contributed by atoms with van der Waals surface area (Å²) in [6, 6.07) is 5.33. The van der Waals surface area contributed by atoms with E-state index >= 15 is 0 Å². The summed E-state index contributed by atoms with van der Waals surface area (Å²) in [4.78, 5) is 0.853. The summed E-state index contributed by atoms with van der Waals surface area (Å²) in [5, 5.41) is 37.8. The lowest BCUT2D eigenvalue weighted by Crippen LogP contribution is -1.87. The monoisotopic (exact) mass is 328 g/mol. The van der Waals surface area contributed by atoms with E-state index in [9.17, 15) is 20.4 Å². The fourth-order valence-corrected chi connectivity index (χ4v) is 2.79. The first kappa shape index (κ1) is 15.3. The molecule has 2 rings (SSSR count). The highest BCUT2D eigenvalue weighted by molar-refractivity contribution is 8.07. The van der Waals surface area contributed by atoms with Crippen molar-refractivity contribution in [3.05, 3.63) is 24.3 Å². The normalized spacial score (nSPS) is 10.7. The first-order chi connectivity index (χ1) is 9.88. The van der Waals surface area contributed by atoms with Crippen LogP contribution in [-0.2, 0) is 3.63 Å². The van der Waals surface area contributed by atoms with Gasteiger partial charge in [-0.3, -0.25) is 0 Å². The number of anilines is 2. The summed E-state index contributed by atoms with van der Waals surface area (Å²) >= 11 is 1.72. The highest BCUT2D eigenvalue weighted by Gasteiger charge is 2.10. The third-order valence-electron chi connectivity index (χ3n) is 2.48. The molecule has 0 aliphatic carbocycles. The van der Waals surface area contributed by atoms with Crippen molar-refractivity contribution in [3.8, 4) is 23.0 Å². The molecule has 0 saturated carbocycles. The molecule has 0 heterocycles. The molecule has 0 saturated heterocycles. The van der Waals surface area contributed by atoms with Gasteiger partial charge < -0.3 is 31.9 Å². The zero-order chi connectivity index (χ0) is 15.6. The molecule has 8 N–H and O–H groups in total. The molecule has 0 aromatic heterocycles. The largest absolute Gasteiger partial charge is 0.506 e. The quantitative estimate of drug-likeness (QED) is 0.283. The molecule has 0 spiro atoms. The summed E-state index contributed by atoms with van der Waals surface area (Å²) < 4.78 is 5.21. The molecule has 0 aliphatic rings. The molecule has 112 valence electrons. The van der Waals surface area contributed by atoms with Crippen molar-refractivity contribution in [1.82, 2.24) is 0 Å². The van der Waals surface area contributed by atoms with Crippen LogP contribution in [0.4, 0.5) is 11.4 Å². The standard InChI is InChI=1S/C12H12N2O5S2/c13-11-7(15)1-5(2-8(11)16)20-19-21-6-3-9(17)12(14)10(18)4-6/h1-4,15-18H,13-14H2. The van der Waals surface area contributed by atoms with Crippen molar-refractivity contribution in [2.75, 3.05) is 11.5 Å². The summed E-state index contributed by atoms with van der Waals surface area (Å²) in [6.45, 7) is 0. The van der Waals surface area contributed by atoms with E-state index < -0.39 is 0 Å². The smallest absolute Gasteiger partial charge is 0.143 e. The van der Waals surface area contributed by atoms with E-state index in [-0.39, 0.29) is 34.4 Å². The maximum absolute atomic E-state index is 9.46. The molecule has 21 heavy (non-hydrogen) atoms. The molecule has 0 atom stereocenters. The fourth-order valence-electron chi connectivity index (χ4n) is 1.39. The lowest BCUT2D eigenvalue weighted by atomic mass is 10.3. The lowest BCUT2D eigenvalue weighted by molar-refractivity contribution is 0.452. The number of phenols is 4. The van der Waals surface area contributed by atoms with Crippen LogP contribution in [0.15, 0.2) is 34.1 Å². The highest BCUT2D eigenvalue weighted by Crippen LogP contribution is 2.40. The molecule has 7 nitrogen and oxygen atoms in total. The summed E-state index contributed by atoms with van der Waals surface area (Å²) in [7, 11) is 0. The Kier molecular flexibility index (Phi) is 4.46. The molecule has 0 bridgehead atoms. The molecule has 2 aromatic carbocycles. The number of hydrogen-bond donors (Lipinski definition) is 6. The predicted molar refractivity (Wildman–Crippen MR) is 81.2 cm³/mol. The van der Waals surface area contributed by atoms with E-state index in [4.69, 9.17) is 15.1 Å². The minimum absolute atomic E-state index is 0.111. The third-order valence-corrected chi connectivity index (χ3v) is 3.88. The number of benzene rings is 2. The maximum Gasteiger partial charge on any atom is 0.143 e. The van der Waals surface area contributed by atoms with Crippen molar-refractivity contribution in [2.24, 2.45) is 0 Å². The van der Waals surface area contributed by atoms with Crippen LogP contribution in [0, 0.1) is 0 Å². The summed E-state index contributed by atoms with van der Waals surface area (Å²) in [5.74, 6) is -1.02. The average Bonchev–Trinajstić information content (AvgIpc) is 2.42. The van der Waals surface area contributed by atoms with Gasteiger partial charge in [-0.25, -0.2) is 3.63 Å². The van der Waals surface area contributed by atoms with Gasteiger partial charge in [-0.15, -0.1) is 0 Å². The lowest BCUT2D eigenvalue weighted by Gasteiger charge is -2.07. The predicted octanol–water partition coefficient (Wildman–Crippen LogP) is 2.40. The van der Waals surface area contributed by atoms with Gasteiger partial charge in [0.15, 0.2) is 0 Å². The number of nitrogen functional groups attached to an aromatic ring is 2. The van der Waals surface area contributed by atoms with Crippen LogP contribution in [0.25, 0.3) is 0 Å². The topological polar surface area (TPSA) is 142 Å². The fraction of sp³-hybridized carbons (Fsp3) is 0. The SMILES string of the molecule is Nc1c(O)cc(SOSc2cc(O)c(N)c(O)c2)cc1O. The van der Waals surface area contributed by atoms with Gasteiger partial charge in [0.2, 0.25) is 0 Å². The molecule has 9 heteroatoms. The molecule has 0 unspecified atom stereocenters. The summed E-state index contributed by atoms with van der Waals surface area (Å²) in [6.07, 6.45) is 0. The van der Waals surface area contributed by atoms with Gasteiger partial charge >= 0.3 is 0 Å². The molecule has 0 fully saturated rings. The van der Waals surface area contributed by atoms with Crippen LogP contribution in [-0.4, -0.2) is 20.4 Å². The van der Waals surface area contributed by atoms with Gasteiger partial charge in [0.1, 0.15) is 34.4 Å². The van der Waals surface area contributed by atoms with E-state index in [0.29, 0.717) is 9.79 Å². The number of nitrogens with two attached hydrogens (primary N) is 2. The Labute approximate surface area is 128 Å². The Balaban J connectivity index is 2.02. The first-order valence-electron chi connectivity index (χ1n) is 5.52. The second kappa shape index (κ2) is 6.12. The first-order valence-corrected chi connectivity index (χ1v) is 7.01. The molecule has 0 radical (unpaired) electrons. The minimum Gasteiger partial charge on any atom is -0.506 e. The van der Waals surface area contributed by atoms with Gasteiger partial charge in [0, 0.05) is 33.9 Å². The van der Waals surface area contributed by atoms with Crippen molar-refractivity contribution in [1.29, 1.82) is 0 Å². The molecular weight excluding hydrogens is 316 g/mol. The van der Waals surface area contributed by atoms with Crippen LogP contribution in [0.1, 0.15) is 0 Å². The maximum atomic E-state index is 9.46. The van der Waals surface area contributed by atoms with Crippen molar-refractivity contribution < 1.29 is 24.1 Å². The van der Waals surface area contributed by atoms with Crippen LogP contribution >= 0.6 is 24.1 Å². The number of aromatic hydroxyl groups is 4. The minimum atomic E-state index is -0.256. The number of phenolic OH excluding ortho intramolecular Hbond substituents is 4. The van der Waals surface area contributed by atoms with Crippen molar-refractivity contribution in [3.63, 3.8) is 0 Å². The number of rotatable bonds is 4. The van der Waals surface area contributed by atoms with E-state index in [2.05, 4.69) is 0 Å². The van der Waals surface area contributed by atoms with Crippen molar-refractivity contribution >= 4 is 35.5 Å². The van der Waals surface area contributed by atoms with Crippen LogP contribution in [0.2, 0.25) is 0 Å². The second-order valence-corrected chi connectivity index (χ2v) is 5.81. The van der Waals surface area contributed by atoms with E-state index in [0.717, 1.165) is 24.1 Å². The Morgan fingerprint density at radius 3 is 1.24 bits per heavy atom. The molecule has 2 aromatic rings. The Morgan fingerprint density at radius 1 is 0.667 bits per heavy atom. The Morgan fingerprint density at radius 2 is 0.952 bits per heavy atom. The Hall–Kier alpha value is -2.10. The van der Waals surface area contributed by atoms with Gasteiger partial charge in [0.05, 0.1) is 0 Å². The third kappa shape index (κ3) is 3.51. The molecule has 0 aliphatic heterocycles. The van der Waals surface area contributed by atoms with Gasteiger partial charge in [-0.1, -0.05) is 0 Å². The van der Waals surface area contributed by atoms with Gasteiger partial charge in [-0.05, 0) is 24.3 Å². The van der Waals surface area contributed by atoms with Crippen LogP contribution in [0.3, 0.4) is 0 Å². The van der Waals surface area contributed by atoms with E-state index in [1.54, 1.807) is 0 Å². The zero-order valence-corrected chi connectivity index (χ0v) is 12.1. The Bertz CT molecular complexity index is 577. The molecular formula is C12H12N2O5S2. The highest BCUT2D eigenvalue weighted by atomic mass is 32.2. The van der Waals surface area contributed by atoms with Crippen molar-refractivity contribution in [2.45, 2.75) is 9.79 Å². The second-order valence-electron chi connectivity index (χ2n) is 3.99. The van der Waals surface area contributed by atoms with Crippen LogP contribution in [0.5, 0.6) is 23.0 Å². The molecule has 0 amide bonds. The van der Waals surface area contributed by atoms with Gasteiger partial charge in [0.25, 0.3) is 0 Å². The van der Waals surface area contributed by atoms with Crippen LogP contribution < -0.4 is 11.5 Å². The summed E-state index contributed by atoms with van der Waals surface area (Å²) in [5.41, 5.74) is 10.6.